The highest BCUT2D eigenvalue weighted by molar-refractivity contribution is 7.47. The summed E-state index contributed by atoms with van der Waals surface area (Å²) in [5, 5.41) is 0. The van der Waals surface area contributed by atoms with Crippen molar-refractivity contribution < 1.29 is 37.6 Å². The minimum atomic E-state index is -4.38. The Morgan fingerprint density at radius 1 is 0.484 bits per heavy atom. The first-order valence-corrected chi connectivity index (χ1v) is 26.4. The highest BCUT2D eigenvalue weighted by atomic mass is 31.2. The summed E-state index contributed by atoms with van der Waals surface area (Å²) in [6.45, 7) is 3.52. The summed E-state index contributed by atoms with van der Waals surface area (Å²) in [5.41, 5.74) is 5.33. The van der Waals surface area contributed by atoms with Gasteiger partial charge in [0, 0.05) is 19.4 Å². The van der Waals surface area contributed by atoms with E-state index in [2.05, 4.69) is 123 Å². The zero-order chi connectivity index (χ0) is 46.7. The number of rotatable bonds is 45. The molecule has 0 radical (unpaired) electrons. The van der Waals surface area contributed by atoms with Gasteiger partial charge in [0.15, 0.2) is 6.10 Å². The number of carbonyl (C=O) groups excluding carboxylic acids is 2. The number of nitrogens with two attached hydrogens (primary N) is 1. The summed E-state index contributed by atoms with van der Waals surface area (Å²) < 4.78 is 32.6. The van der Waals surface area contributed by atoms with E-state index in [9.17, 15) is 19.0 Å². The molecule has 0 aliphatic heterocycles. The zero-order valence-corrected chi connectivity index (χ0v) is 41.1. The fourth-order valence-electron chi connectivity index (χ4n) is 6.27. The zero-order valence-electron chi connectivity index (χ0n) is 40.2. The predicted molar refractivity (Wildman–Crippen MR) is 270 cm³/mol. The van der Waals surface area contributed by atoms with Gasteiger partial charge in [-0.1, -0.05) is 200 Å². The number of phosphoric acid groups is 1. The smallest absolute Gasteiger partial charge is 0.462 e. The van der Waals surface area contributed by atoms with Crippen LogP contribution < -0.4 is 5.73 Å². The van der Waals surface area contributed by atoms with E-state index in [1.54, 1.807) is 0 Å². The lowest BCUT2D eigenvalue weighted by atomic mass is 10.1. The molecule has 0 aliphatic carbocycles. The molecule has 364 valence electrons. The van der Waals surface area contributed by atoms with Crippen LogP contribution in [-0.2, 0) is 32.7 Å². The normalized spacial score (nSPS) is 14.1. The standard InChI is InChI=1S/C54H90NO8P/c1-3-5-7-9-11-12-13-14-15-16-17-18-19-20-21-22-23-24-25-26-27-28-29-30-31-32-33-34-35-36-37-38-39-40-41-43-45-47-54(57)63-52(51-62-64(58,59)61-49-48-55)50-60-53(56)46-44-42-10-8-6-4-2/h5,7,11-12,14-15,17-18,20-21,23-24,26-27,29-30,32-33,52H,3-4,6,8-10,13,16,19,22,25,28,31,34-51,55H2,1-2H3,(H,58,59)/b7-5-,12-11-,15-14-,18-17-,21-20-,24-23-,27-26-,30-29-,33-32-. The Morgan fingerprint density at radius 3 is 1.28 bits per heavy atom. The van der Waals surface area contributed by atoms with E-state index in [0.29, 0.717) is 6.42 Å². The Hall–Kier alpha value is -3.33. The number of esters is 2. The largest absolute Gasteiger partial charge is 0.472 e. The molecule has 64 heavy (non-hydrogen) atoms. The Labute approximate surface area is 390 Å². The van der Waals surface area contributed by atoms with Crippen LogP contribution in [0, 0.1) is 0 Å². The van der Waals surface area contributed by atoms with Crippen LogP contribution in [0.4, 0.5) is 0 Å². The third kappa shape index (κ3) is 48.1. The maximum atomic E-state index is 12.6. The fraction of sp³-hybridized carbons (Fsp3) is 0.630. The minimum absolute atomic E-state index is 0.0481. The Morgan fingerprint density at radius 2 is 0.859 bits per heavy atom. The molecule has 0 aromatic rings. The van der Waals surface area contributed by atoms with E-state index in [0.717, 1.165) is 116 Å². The SMILES string of the molecule is CC/C=C\C/C=C\C/C=C\C/C=C\C/C=C\C/C=C\C/C=C\C/C=C\C/C=C\CCCCCCCCCCCC(=O)OC(COC(=O)CCCCCCCC)COP(=O)(O)OCCN. The summed E-state index contributed by atoms with van der Waals surface area (Å²) in [4.78, 5) is 34.7. The van der Waals surface area contributed by atoms with Crippen LogP contribution in [0.3, 0.4) is 0 Å². The van der Waals surface area contributed by atoms with Crippen molar-refractivity contribution >= 4 is 19.8 Å². The van der Waals surface area contributed by atoms with E-state index < -0.39 is 32.5 Å². The van der Waals surface area contributed by atoms with Crippen molar-refractivity contribution in [2.45, 2.75) is 193 Å². The number of hydrogen-bond acceptors (Lipinski definition) is 8. The second-order valence-electron chi connectivity index (χ2n) is 16.0. The maximum absolute atomic E-state index is 12.6. The van der Waals surface area contributed by atoms with E-state index in [4.69, 9.17) is 24.3 Å². The number of carbonyl (C=O) groups is 2. The van der Waals surface area contributed by atoms with Crippen molar-refractivity contribution in [2.75, 3.05) is 26.4 Å². The van der Waals surface area contributed by atoms with Gasteiger partial charge in [0.05, 0.1) is 13.2 Å². The van der Waals surface area contributed by atoms with E-state index in [1.165, 1.54) is 38.5 Å². The molecule has 10 heteroatoms. The van der Waals surface area contributed by atoms with E-state index in [-0.39, 0.29) is 32.6 Å². The third-order valence-corrected chi connectivity index (χ3v) is 10.9. The average Bonchev–Trinajstić information content (AvgIpc) is 3.28. The molecule has 0 aliphatic rings. The second-order valence-corrected chi connectivity index (χ2v) is 17.4. The molecule has 0 saturated heterocycles. The first-order valence-electron chi connectivity index (χ1n) is 24.9. The van der Waals surface area contributed by atoms with E-state index >= 15 is 0 Å². The Balaban J connectivity index is 3.91. The molecule has 0 aromatic heterocycles. The molecule has 2 unspecified atom stereocenters. The molecule has 0 amide bonds. The van der Waals surface area contributed by atoms with E-state index in [1.807, 2.05) is 0 Å². The lowest BCUT2D eigenvalue weighted by Gasteiger charge is -2.19. The highest BCUT2D eigenvalue weighted by Gasteiger charge is 2.26. The average molecular weight is 912 g/mol. The molecule has 0 aromatic carbocycles. The molecule has 0 spiro atoms. The Kier molecular flexibility index (Phi) is 46.6. The van der Waals surface area contributed by atoms with Crippen molar-refractivity contribution in [3.63, 3.8) is 0 Å². The van der Waals surface area contributed by atoms with Crippen LogP contribution >= 0.6 is 7.82 Å². The van der Waals surface area contributed by atoms with Crippen molar-refractivity contribution in [1.82, 2.24) is 0 Å². The monoisotopic (exact) mass is 912 g/mol. The molecule has 3 N–H and O–H groups in total. The van der Waals surface area contributed by atoms with Crippen molar-refractivity contribution in [3.05, 3.63) is 109 Å². The topological polar surface area (TPSA) is 134 Å². The summed E-state index contributed by atoms with van der Waals surface area (Å²) in [5.74, 6) is -0.853. The lowest BCUT2D eigenvalue weighted by molar-refractivity contribution is -0.161. The van der Waals surface area contributed by atoms with Gasteiger partial charge >= 0.3 is 19.8 Å². The summed E-state index contributed by atoms with van der Waals surface area (Å²) in [6, 6.07) is 0. The fourth-order valence-corrected chi connectivity index (χ4v) is 7.04. The van der Waals surface area contributed by atoms with Gasteiger partial charge < -0.3 is 20.1 Å². The highest BCUT2D eigenvalue weighted by Crippen LogP contribution is 2.43. The number of phosphoric ester groups is 1. The molecule has 0 heterocycles. The Bertz CT molecular complexity index is 1410. The maximum Gasteiger partial charge on any atom is 0.472 e. The van der Waals surface area contributed by atoms with Gasteiger partial charge in [-0.2, -0.15) is 0 Å². The minimum Gasteiger partial charge on any atom is -0.462 e. The lowest BCUT2D eigenvalue weighted by Crippen LogP contribution is -2.29. The van der Waals surface area contributed by atoms with Gasteiger partial charge in [-0.25, -0.2) is 4.57 Å². The molecule has 0 rings (SSSR count). The van der Waals surface area contributed by atoms with Crippen LogP contribution in [0.1, 0.15) is 187 Å². The van der Waals surface area contributed by atoms with Crippen molar-refractivity contribution in [3.8, 4) is 0 Å². The van der Waals surface area contributed by atoms with Crippen LogP contribution in [0.25, 0.3) is 0 Å². The summed E-state index contributed by atoms with van der Waals surface area (Å²) in [7, 11) is -4.38. The third-order valence-electron chi connectivity index (χ3n) is 9.92. The predicted octanol–water partition coefficient (Wildman–Crippen LogP) is 15.1. The number of ether oxygens (including phenoxy) is 2. The van der Waals surface area contributed by atoms with Crippen LogP contribution in [0.5, 0.6) is 0 Å². The molecule has 0 fully saturated rings. The molecular weight excluding hydrogens is 822 g/mol. The number of allylic oxidation sites excluding steroid dienone is 18. The molecular formula is C54H90NO8P. The van der Waals surface area contributed by atoms with Gasteiger partial charge in [0.25, 0.3) is 0 Å². The number of hydrogen-bond donors (Lipinski definition) is 2. The van der Waals surface area contributed by atoms with Gasteiger partial charge in [0.2, 0.25) is 0 Å². The van der Waals surface area contributed by atoms with Gasteiger partial charge in [0.1, 0.15) is 6.61 Å². The van der Waals surface area contributed by atoms with Crippen molar-refractivity contribution in [2.24, 2.45) is 5.73 Å². The second kappa shape index (κ2) is 49.1. The van der Waals surface area contributed by atoms with Gasteiger partial charge in [-0.3, -0.25) is 18.6 Å². The molecule has 9 nitrogen and oxygen atoms in total. The molecule has 0 bridgehead atoms. The molecule has 0 saturated carbocycles. The summed E-state index contributed by atoms with van der Waals surface area (Å²) in [6.07, 6.45) is 66.1. The first-order chi connectivity index (χ1) is 31.3. The molecule has 2 atom stereocenters. The first kappa shape index (κ1) is 60.7. The van der Waals surface area contributed by atoms with Crippen molar-refractivity contribution in [1.29, 1.82) is 0 Å². The van der Waals surface area contributed by atoms with Gasteiger partial charge in [-0.05, 0) is 83.5 Å². The number of unbranched alkanes of at least 4 members (excludes halogenated alkanes) is 14. The summed E-state index contributed by atoms with van der Waals surface area (Å²) >= 11 is 0. The van der Waals surface area contributed by atoms with Gasteiger partial charge in [-0.15, -0.1) is 0 Å². The van der Waals surface area contributed by atoms with Crippen LogP contribution in [0.2, 0.25) is 0 Å². The van der Waals surface area contributed by atoms with Crippen LogP contribution in [0.15, 0.2) is 109 Å². The van der Waals surface area contributed by atoms with Crippen LogP contribution in [-0.4, -0.2) is 49.3 Å². The quantitative estimate of drug-likeness (QED) is 0.0265.